The number of rotatable bonds is 2. The predicted octanol–water partition coefficient (Wildman–Crippen LogP) is 2.92. The average Bonchev–Trinajstić information content (AvgIpc) is 2.17. The van der Waals surface area contributed by atoms with Crippen molar-refractivity contribution in [1.29, 1.82) is 0 Å². The van der Waals surface area contributed by atoms with Gasteiger partial charge in [0.15, 0.2) is 0 Å². The highest BCUT2D eigenvalue weighted by atomic mass is 35.5. The maximum absolute atomic E-state index is 5.86. The van der Waals surface area contributed by atoms with Crippen LogP contribution >= 0.6 is 23.4 Å². The van der Waals surface area contributed by atoms with Crippen LogP contribution in [0.4, 0.5) is 0 Å². The quantitative estimate of drug-likeness (QED) is 0.742. The summed E-state index contributed by atoms with van der Waals surface area (Å²) in [6.45, 7) is 2.37. The van der Waals surface area contributed by atoms with Crippen LogP contribution in [-0.4, -0.2) is 35.3 Å². The fourth-order valence-corrected chi connectivity index (χ4v) is 3.32. The molecule has 2 nitrogen and oxygen atoms in total. The van der Waals surface area contributed by atoms with Gasteiger partial charge in [-0.2, -0.15) is 0 Å². The zero-order valence-corrected chi connectivity index (χ0v) is 10.4. The van der Waals surface area contributed by atoms with Crippen molar-refractivity contribution in [2.45, 2.75) is 23.1 Å². The summed E-state index contributed by atoms with van der Waals surface area (Å²) in [6, 6.07) is 5.81. The van der Waals surface area contributed by atoms with Gasteiger partial charge >= 0.3 is 0 Å². The van der Waals surface area contributed by atoms with Crippen LogP contribution in [-0.2, 0) is 0 Å². The van der Waals surface area contributed by atoms with Crippen LogP contribution in [0.2, 0.25) is 5.15 Å². The van der Waals surface area contributed by atoms with Crippen molar-refractivity contribution in [2.24, 2.45) is 0 Å². The monoisotopic (exact) mass is 242 g/mol. The summed E-state index contributed by atoms with van der Waals surface area (Å²) in [6.07, 6.45) is 2.57. The predicted molar refractivity (Wildman–Crippen MR) is 65.6 cm³/mol. The SMILES string of the molecule is CN1CCC[C@@H](Sc2cccc(Cl)n2)C1. The largest absolute Gasteiger partial charge is 0.305 e. The molecular formula is C11H15ClN2S. The highest BCUT2D eigenvalue weighted by molar-refractivity contribution is 7.99. The molecule has 1 fully saturated rings. The van der Waals surface area contributed by atoms with Crippen molar-refractivity contribution in [3.05, 3.63) is 23.4 Å². The molecule has 15 heavy (non-hydrogen) atoms. The molecule has 2 heterocycles. The molecule has 0 spiro atoms. The summed E-state index contributed by atoms with van der Waals surface area (Å²) in [5.41, 5.74) is 0. The molecule has 0 unspecified atom stereocenters. The molecule has 2 rings (SSSR count). The number of hydrogen-bond acceptors (Lipinski definition) is 3. The Morgan fingerprint density at radius 2 is 2.40 bits per heavy atom. The second kappa shape index (κ2) is 5.19. The second-order valence-corrected chi connectivity index (χ2v) is 5.65. The molecule has 4 heteroatoms. The van der Waals surface area contributed by atoms with Crippen LogP contribution in [0.15, 0.2) is 23.2 Å². The maximum Gasteiger partial charge on any atom is 0.130 e. The fourth-order valence-electron chi connectivity index (χ4n) is 1.84. The molecular weight excluding hydrogens is 228 g/mol. The lowest BCUT2D eigenvalue weighted by atomic mass is 10.1. The Labute approximate surface area is 100 Å². The van der Waals surface area contributed by atoms with Gasteiger partial charge in [0.1, 0.15) is 5.15 Å². The van der Waals surface area contributed by atoms with Crippen molar-refractivity contribution < 1.29 is 0 Å². The summed E-state index contributed by atoms with van der Waals surface area (Å²) in [4.78, 5) is 6.68. The van der Waals surface area contributed by atoms with E-state index in [4.69, 9.17) is 11.6 Å². The smallest absolute Gasteiger partial charge is 0.130 e. The van der Waals surface area contributed by atoms with Gasteiger partial charge in [-0.05, 0) is 38.6 Å². The Morgan fingerprint density at radius 1 is 1.53 bits per heavy atom. The Kier molecular flexibility index (Phi) is 3.89. The normalized spacial score (nSPS) is 22.9. The summed E-state index contributed by atoms with van der Waals surface area (Å²) >= 11 is 7.70. The van der Waals surface area contributed by atoms with Crippen molar-refractivity contribution in [3.8, 4) is 0 Å². The third-order valence-electron chi connectivity index (χ3n) is 2.56. The van der Waals surface area contributed by atoms with E-state index in [1.54, 1.807) is 0 Å². The molecule has 0 N–H and O–H groups in total. The molecule has 0 bridgehead atoms. The van der Waals surface area contributed by atoms with E-state index in [1.165, 1.54) is 19.4 Å². The Balaban J connectivity index is 1.96. The van der Waals surface area contributed by atoms with E-state index in [0.29, 0.717) is 10.4 Å². The van der Waals surface area contributed by atoms with E-state index in [-0.39, 0.29) is 0 Å². The zero-order valence-electron chi connectivity index (χ0n) is 8.82. The lowest BCUT2D eigenvalue weighted by molar-refractivity contribution is 0.283. The summed E-state index contributed by atoms with van der Waals surface area (Å²) in [5, 5.41) is 2.29. The first-order valence-electron chi connectivity index (χ1n) is 5.22. The minimum absolute atomic E-state index is 0.587. The first-order chi connectivity index (χ1) is 7.24. The number of hydrogen-bond donors (Lipinski definition) is 0. The van der Waals surface area contributed by atoms with Crippen LogP contribution in [0.25, 0.3) is 0 Å². The van der Waals surface area contributed by atoms with Crippen LogP contribution in [0, 0.1) is 0 Å². The van der Waals surface area contributed by atoms with Gasteiger partial charge in [0.25, 0.3) is 0 Å². The van der Waals surface area contributed by atoms with E-state index >= 15 is 0 Å². The van der Waals surface area contributed by atoms with E-state index in [0.717, 1.165) is 11.6 Å². The summed E-state index contributed by atoms with van der Waals surface area (Å²) in [7, 11) is 2.18. The van der Waals surface area contributed by atoms with Crippen molar-refractivity contribution >= 4 is 23.4 Å². The molecule has 1 atom stereocenters. The lowest BCUT2D eigenvalue weighted by Crippen LogP contribution is -2.33. The molecule has 1 aromatic rings. The van der Waals surface area contributed by atoms with Crippen LogP contribution < -0.4 is 0 Å². The van der Waals surface area contributed by atoms with Crippen LogP contribution in [0.3, 0.4) is 0 Å². The molecule has 1 aliphatic rings. The highest BCUT2D eigenvalue weighted by Crippen LogP contribution is 2.28. The van der Waals surface area contributed by atoms with Gasteiger partial charge in [-0.25, -0.2) is 4.98 Å². The molecule has 1 aromatic heterocycles. The molecule has 0 aromatic carbocycles. The highest BCUT2D eigenvalue weighted by Gasteiger charge is 2.18. The number of pyridine rings is 1. The number of thioether (sulfide) groups is 1. The van der Waals surface area contributed by atoms with Crippen LogP contribution in [0.5, 0.6) is 0 Å². The molecule has 1 aliphatic heterocycles. The third-order valence-corrected chi connectivity index (χ3v) is 3.96. The van der Waals surface area contributed by atoms with E-state index in [2.05, 4.69) is 16.9 Å². The standard InChI is InChI=1S/C11H15ClN2S/c1-14-7-3-4-9(8-14)15-11-6-2-5-10(12)13-11/h2,5-6,9H,3-4,7-8H2,1H3/t9-/m1/s1. The van der Waals surface area contributed by atoms with Gasteiger partial charge in [0.05, 0.1) is 5.03 Å². The molecule has 0 aliphatic carbocycles. The topological polar surface area (TPSA) is 16.1 Å². The molecule has 82 valence electrons. The Hall–Kier alpha value is -0.250. The van der Waals surface area contributed by atoms with E-state index < -0.39 is 0 Å². The first kappa shape index (κ1) is 11.2. The van der Waals surface area contributed by atoms with Gasteiger partial charge in [0, 0.05) is 11.8 Å². The third kappa shape index (κ3) is 3.37. The summed E-state index contributed by atoms with van der Waals surface area (Å²) < 4.78 is 0. The number of piperidine rings is 1. The fraction of sp³-hybridized carbons (Fsp3) is 0.545. The van der Waals surface area contributed by atoms with Crippen molar-refractivity contribution in [3.63, 3.8) is 0 Å². The van der Waals surface area contributed by atoms with Gasteiger partial charge in [0.2, 0.25) is 0 Å². The molecule has 0 radical (unpaired) electrons. The van der Waals surface area contributed by atoms with E-state index in [1.807, 2.05) is 30.0 Å². The number of aromatic nitrogens is 1. The number of nitrogens with zero attached hydrogens (tertiary/aromatic N) is 2. The minimum atomic E-state index is 0.587. The minimum Gasteiger partial charge on any atom is -0.305 e. The lowest BCUT2D eigenvalue weighted by Gasteiger charge is -2.28. The van der Waals surface area contributed by atoms with Crippen molar-refractivity contribution in [1.82, 2.24) is 9.88 Å². The van der Waals surface area contributed by atoms with Gasteiger partial charge in [-0.15, -0.1) is 11.8 Å². The van der Waals surface area contributed by atoms with Gasteiger partial charge < -0.3 is 4.90 Å². The van der Waals surface area contributed by atoms with Crippen LogP contribution in [0.1, 0.15) is 12.8 Å². The molecule has 1 saturated heterocycles. The van der Waals surface area contributed by atoms with Crippen molar-refractivity contribution in [2.75, 3.05) is 20.1 Å². The number of halogens is 1. The molecule has 0 amide bonds. The van der Waals surface area contributed by atoms with Gasteiger partial charge in [-0.1, -0.05) is 17.7 Å². The zero-order chi connectivity index (χ0) is 10.7. The number of likely N-dealkylation sites (tertiary alicyclic amines) is 1. The Morgan fingerprint density at radius 3 is 3.13 bits per heavy atom. The summed E-state index contributed by atoms with van der Waals surface area (Å²) in [5.74, 6) is 0. The Bertz CT molecular complexity index is 332. The second-order valence-electron chi connectivity index (χ2n) is 3.94. The molecule has 0 saturated carbocycles. The van der Waals surface area contributed by atoms with E-state index in [9.17, 15) is 0 Å². The van der Waals surface area contributed by atoms with Gasteiger partial charge in [-0.3, -0.25) is 0 Å². The first-order valence-corrected chi connectivity index (χ1v) is 6.47. The average molecular weight is 243 g/mol. The maximum atomic E-state index is 5.86.